The average Bonchev–Trinajstić information content (AvgIpc) is 3.13. The van der Waals surface area contributed by atoms with Gasteiger partial charge in [0, 0.05) is 9.79 Å². The number of hydrogen-bond acceptors (Lipinski definition) is 2. The van der Waals surface area contributed by atoms with E-state index >= 15 is 0 Å². The Labute approximate surface area is 124 Å². The molecule has 98 valence electrons. The zero-order chi connectivity index (χ0) is 13.1. The third-order valence-electron chi connectivity index (χ3n) is 3.55. The molecule has 2 aromatic carbocycles. The van der Waals surface area contributed by atoms with E-state index in [2.05, 4.69) is 67.6 Å². The molecule has 1 fully saturated rings. The van der Waals surface area contributed by atoms with Gasteiger partial charge in [-0.1, -0.05) is 49.7 Å². The van der Waals surface area contributed by atoms with Crippen LogP contribution in [-0.2, 0) is 0 Å². The minimum atomic E-state index is 0.359. The van der Waals surface area contributed by atoms with E-state index in [1.165, 1.54) is 22.6 Å². The van der Waals surface area contributed by atoms with E-state index in [1.807, 2.05) is 23.5 Å². The van der Waals surface area contributed by atoms with E-state index in [0.29, 0.717) is 4.08 Å². The Morgan fingerprint density at radius 2 is 1.37 bits per heavy atom. The maximum Gasteiger partial charge on any atom is 0.0737 e. The first kappa shape index (κ1) is 13.1. The summed E-state index contributed by atoms with van der Waals surface area (Å²) in [5.74, 6) is 0.836. The highest BCUT2D eigenvalue weighted by atomic mass is 32.2. The lowest BCUT2D eigenvalue weighted by molar-refractivity contribution is 0.793. The van der Waals surface area contributed by atoms with Gasteiger partial charge in [-0.25, -0.2) is 0 Å². The fourth-order valence-electron chi connectivity index (χ4n) is 2.39. The second kappa shape index (κ2) is 5.64. The van der Waals surface area contributed by atoms with Gasteiger partial charge in [0.15, 0.2) is 0 Å². The molecule has 3 rings (SSSR count). The van der Waals surface area contributed by atoms with Crippen LogP contribution in [0.1, 0.15) is 19.8 Å². The van der Waals surface area contributed by atoms with Crippen molar-refractivity contribution < 1.29 is 0 Å². The molecular weight excluding hydrogens is 268 g/mol. The van der Waals surface area contributed by atoms with Crippen LogP contribution in [0.3, 0.4) is 0 Å². The SMILES string of the molecule is CCC1CC1(Sc1ccccc1)Sc1ccccc1. The molecular formula is C17H18S2. The lowest BCUT2D eigenvalue weighted by Gasteiger charge is -2.16. The summed E-state index contributed by atoms with van der Waals surface area (Å²) in [5, 5.41) is 0. The Morgan fingerprint density at radius 1 is 0.895 bits per heavy atom. The summed E-state index contributed by atoms with van der Waals surface area (Å²) < 4.78 is 0.359. The van der Waals surface area contributed by atoms with Crippen molar-refractivity contribution in [2.75, 3.05) is 0 Å². The van der Waals surface area contributed by atoms with Gasteiger partial charge in [-0.05, 0) is 36.6 Å². The Balaban J connectivity index is 1.77. The van der Waals surface area contributed by atoms with E-state index in [-0.39, 0.29) is 0 Å². The van der Waals surface area contributed by atoms with Crippen molar-refractivity contribution in [2.24, 2.45) is 5.92 Å². The van der Waals surface area contributed by atoms with Crippen LogP contribution in [0.5, 0.6) is 0 Å². The van der Waals surface area contributed by atoms with Gasteiger partial charge >= 0.3 is 0 Å². The zero-order valence-corrected chi connectivity index (χ0v) is 12.7. The van der Waals surface area contributed by atoms with Crippen LogP contribution in [0.25, 0.3) is 0 Å². The van der Waals surface area contributed by atoms with Crippen molar-refractivity contribution in [1.82, 2.24) is 0 Å². The van der Waals surface area contributed by atoms with Gasteiger partial charge in [0.2, 0.25) is 0 Å². The van der Waals surface area contributed by atoms with Gasteiger partial charge < -0.3 is 0 Å². The molecule has 0 aromatic heterocycles. The third-order valence-corrected chi connectivity index (χ3v) is 6.76. The van der Waals surface area contributed by atoms with E-state index in [1.54, 1.807) is 0 Å². The predicted molar refractivity (Wildman–Crippen MR) is 85.7 cm³/mol. The number of rotatable bonds is 5. The maximum atomic E-state index is 2.31. The minimum absolute atomic E-state index is 0.359. The second-order valence-corrected chi connectivity index (χ2v) is 8.02. The molecule has 0 heterocycles. The van der Waals surface area contributed by atoms with Crippen LogP contribution >= 0.6 is 23.5 Å². The van der Waals surface area contributed by atoms with Crippen molar-refractivity contribution in [3.63, 3.8) is 0 Å². The monoisotopic (exact) mass is 286 g/mol. The van der Waals surface area contributed by atoms with Crippen LogP contribution in [0.4, 0.5) is 0 Å². The molecule has 0 N–H and O–H groups in total. The van der Waals surface area contributed by atoms with Crippen LogP contribution in [0, 0.1) is 5.92 Å². The standard InChI is InChI=1S/C17H18S2/c1-2-14-13-17(14,18-15-9-5-3-6-10-15)19-16-11-7-4-8-12-16/h3-12,14H,2,13H2,1H3. The minimum Gasteiger partial charge on any atom is -0.108 e. The van der Waals surface area contributed by atoms with Crippen LogP contribution in [0.2, 0.25) is 0 Å². The van der Waals surface area contributed by atoms with Gasteiger partial charge in [-0.15, -0.1) is 23.5 Å². The van der Waals surface area contributed by atoms with Gasteiger partial charge in [0.25, 0.3) is 0 Å². The van der Waals surface area contributed by atoms with Crippen molar-refractivity contribution in [1.29, 1.82) is 0 Å². The van der Waals surface area contributed by atoms with Gasteiger partial charge in [0.1, 0.15) is 0 Å². The topological polar surface area (TPSA) is 0 Å². The summed E-state index contributed by atoms with van der Waals surface area (Å²) in [5.41, 5.74) is 0. The Hall–Kier alpha value is -0.860. The lowest BCUT2D eigenvalue weighted by atomic mass is 10.3. The number of thioether (sulfide) groups is 2. The highest BCUT2D eigenvalue weighted by Crippen LogP contribution is 2.66. The van der Waals surface area contributed by atoms with Crippen LogP contribution < -0.4 is 0 Å². The smallest absolute Gasteiger partial charge is 0.0737 e. The molecule has 2 aromatic rings. The number of benzene rings is 2. The average molecular weight is 286 g/mol. The normalized spacial score (nSPS) is 20.2. The summed E-state index contributed by atoms with van der Waals surface area (Å²) in [6.45, 7) is 2.31. The van der Waals surface area contributed by atoms with E-state index in [4.69, 9.17) is 0 Å². The lowest BCUT2D eigenvalue weighted by Crippen LogP contribution is -2.00. The molecule has 0 amide bonds. The summed E-state index contributed by atoms with van der Waals surface area (Å²) in [6.07, 6.45) is 2.60. The van der Waals surface area contributed by atoms with Crippen LogP contribution in [-0.4, -0.2) is 4.08 Å². The molecule has 0 nitrogen and oxygen atoms in total. The molecule has 2 heteroatoms. The summed E-state index contributed by atoms with van der Waals surface area (Å²) in [7, 11) is 0. The second-order valence-electron chi connectivity index (χ2n) is 4.95. The Bertz CT molecular complexity index is 480. The summed E-state index contributed by atoms with van der Waals surface area (Å²) in [6, 6.07) is 21.6. The molecule has 19 heavy (non-hydrogen) atoms. The molecule has 0 aliphatic heterocycles. The van der Waals surface area contributed by atoms with Gasteiger partial charge in [-0.2, -0.15) is 0 Å². The molecule has 1 atom stereocenters. The van der Waals surface area contributed by atoms with Crippen molar-refractivity contribution in [2.45, 2.75) is 33.6 Å². The first-order valence-electron chi connectivity index (χ1n) is 6.80. The fourth-order valence-corrected chi connectivity index (χ4v) is 5.75. The van der Waals surface area contributed by atoms with Crippen molar-refractivity contribution in [3.8, 4) is 0 Å². The Kier molecular flexibility index (Phi) is 3.90. The Morgan fingerprint density at radius 3 is 1.74 bits per heavy atom. The molecule has 0 bridgehead atoms. The highest BCUT2D eigenvalue weighted by molar-refractivity contribution is 8.18. The van der Waals surface area contributed by atoms with Crippen molar-refractivity contribution in [3.05, 3.63) is 60.7 Å². The summed E-state index contributed by atoms with van der Waals surface area (Å²) in [4.78, 5) is 2.78. The zero-order valence-electron chi connectivity index (χ0n) is 11.1. The molecule has 0 saturated heterocycles. The van der Waals surface area contributed by atoms with Crippen molar-refractivity contribution >= 4 is 23.5 Å². The third kappa shape index (κ3) is 3.01. The van der Waals surface area contributed by atoms with E-state index in [0.717, 1.165) is 5.92 Å². The highest BCUT2D eigenvalue weighted by Gasteiger charge is 2.54. The largest absolute Gasteiger partial charge is 0.108 e. The molecule has 1 unspecified atom stereocenters. The quantitative estimate of drug-likeness (QED) is 0.647. The first-order valence-corrected chi connectivity index (χ1v) is 8.44. The molecule has 1 saturated carbocycles. The fraction of sp³-hybridized carbons (Fsp3) is 0.294. The summed E-state index contributed by atoms with van der Waals surface area (Å²) >= 11 is 4.09. The molecule has 0 spiro atoms. The molecule has 1 aliphatic rings. The van der Waals surface area contributed by atoms with E-state index < -0.39 is 0 Å². The first-order chi connectivity index (χ1) is 9.32. The molecule has 1 aliphatic carbocycles. The van der Waals surface area contributed by atoms with E-state index in [9.17, 15) is 0 Å². The van der Waals surface area contributed by atoms with Crippen LogP contribution in [0.15, 0.2) is 70.5 Å². The predicted octanol–water partition coefficient (Wildman–Crippen LogP) is 5.70. The number of hydrogen-bond donors (Lipinski definition) is 0. The van der Waals surface area contributed by atoms with Gasteiger partial charge in [-0.3, -0.25) is 0 Å². The molecule has 0 radical (unpaired) electrons. The van der Waals surface area contributed by atoms with Gasteiger partial charge in [0.05, 0.1) is 4.08 Å². The maximum absolute atomic E-state index is 2.31.